The average molecular weight is 393 g/mol. The van der Waals surface area contributed by atoms with Gasteiger partial charge in [0.15, 0.2) is 5.71 Å². The first-order chi connectivity index (χ1) is 13.5. The number of aromatic nitrogens is 1. The maximum Gasteiger partial charge on any atom is 0.279 e. The second-order valence-corrected chi connectivity index (χ2v) is 6.91. The Bertz CT molecular complexity index is 1190. The summed E-state index contributed by atoms with van der Waals surface area (Å²) in [5, 5.41) is 17.4. The van der Waals surface area contributed by atoms with Crippen LogP contribution in [0.3, 0.4) is 0 Å². The molecule has 0 atom stereocenters. The summed E-state index contributed by atoms with van der Waals surface area (Å²) in [6, 6.07) is 13.7. The molecule has 0 bridgehead atoms. The highest BCUT2D eigenvalue weighted by atomic mass is 32.1. The fourth-order valence-corrected chi connectivity index (χ4v) is 3.84. The van der Waals surface area contributed by atoms with Gasteiger partial charge in [0.1, 0.15) is 0 Å². The van der Waals surface area contributed by atoms with Gasteiger partial charge in [-0.25, -0.2) is 4.68 Å². The number of rotatable bonds is 3. The fraction of sp³-hybridized carbons (Fsp3) is 0.105. The predicted molar refractivity (Wildman–Crippen MR) is 108 cm³/mol. The molecule has 0 radical (unpaired) electrons. The average Bonchev–Trinajstić information content (AvgIpc) is 3.23. The highest BCUT2D eigenvalue weighted by molar-refractivity contribution is 7.07. The van der Waals surface area contributed by atoms with E-state index in [-0.39, 0.29) is 11.6 Å². The largest absolute Gasteiger partial charge is 0.309 e. The number of hydrogen-bond donors (Lipinski definition) is 0. The summed E-state index contributed by atoms with van der Waals surface area (Å²) < 4.78 is 1.61. The van der Waals surface area contributed by atoms with Crippen LogP contribution >= 0.6 is 11.3 Å². The van der Waals surface area contributed by atoms with Crippen molar-refractivity contribution < 1.29 is 9.72 Å². The zero-order chi connectivity index (χ0) is 19.8. The first-order valence-electron chi connectivity index (χ1n) is 8.36. The van der Waals surface area contributed by atoms with Gasteiger partial charge in [-0.15, -0.1) is 11.3 Å². The van der Waals surface area contributed by atoms with Crippen molar-refractivity contribution in [1.29, 1.82) is 0 Å². The van der Waals surface area contributed by atoms with E-state index in [1.54, 1.807) is 35.8 Å². The first-order valence-corrected chi connectivity index (χ1v) is 9.24. The van der Waals surface area contributed by atoms with Crippen LogP contribution in [0.25, 0.3) is 11.3 Å². The molecule has 0 saturated carbocycles. The molecule has 1 aromatic heterocycles. The van der Waals surface area contributed by atoms with E-state index in [1.807, 2.05) is 29.6 Å². The second kappa shape index (κ2) is 6.86. The molecular weight excluding hydrogens is 378 g/mol. The number of anilines is 1. The van der Waals surface area contributed by atoms with Crippen molar-refractivity contribution in [3.8, 4) is 11.3 Å². The molecular formula is C19H15N5O3S. The summed E-state index contributed by atoms with van der Waals surface area (Å²) >= 11 is 1.38. The summed E-state index contributed by atoms with van der Waals surface area (Å²) in [5.74, 6) is -0.198. The van der Waals surface area contributed by atoms with Crippen LogP contribution in [0.1, 0.15) is 5.56 Å². The Kier molecular flexibility index (Phi) is 4.36. The Morgan fingerprint density at radius 2 is 1.82 bits per heavy atom. The number of nitrogens with zero attached hydrogens (tertiary/aromatic N) is 5. The number of para-hydroxylation sites is 1. The smallest absolute Gasteiger partial charge is 0.279 e. The first kappa shape index (κ1) is 17.8. The standard InChI is InChI=1S/C19H15N5O3S/c1-20-19-23(16(11-28-19)12-7-9-13(10-8-12)24(26)27)21-17-14-5-3-4-6-15(14)22(2)18(17)25/h3-11H,1-2H3. The zero-order valence-corrected chi connectivity index (χ0v) is 15.9. The van der Waals surface area contributed by atoms with Gasteiger partial charge in [-0.05, 0) is 18.2 Å². The maximum absolute atomic E-state index is 12.7. The number of carbonyl (C=O) groups is 1. The minimum absolute atomic E-state index is 0.0127. The lowest BCUT2D eigenvalue weighted by Crippen LogP contribution is -2.27. The summed E-state index contributed by atoms with van der Waals surface area (Å²) in [4.78, 5) is 29.6. The Morgan fingerprint density at radius 1 is 1.11 bits per heavy atom. The number of non-ortho nitro benzene ring substituents is 1. The Labute approximate surface area is 163 Å². The molecule has 1 amide bonds. The summed E-state index contributed by atoms with van der Waals surface area (Å²) in [6.45, 7) is 0. The molecule has 1 aliphatic rings. The molecule has 3 aromatic rings. The molecule has 9 heteroatoms. The second-order valence-electron chi connectivity index (χ2n) is 6.07. The van der Waals surface area contributed by atoms with Gasteiger partial charge in [0.05, 0.1) is 16.3 Å². The van der Waals surface area contributed by atoms with E-state index in [0.717, 1.165) is 16.8 Å². The minimum atomic E-state index is -0.442. The number of likely N-dealkylation sites (N-methyl/N-ethyl adjacent to an activating group) is 1. The zero-order valence-electron chi connectivity index (χ0n) is 15.1. The van der Waals surface area contributed by atoms with E-state index in [1.165, 1.54) is 23.5 Å². The van der Waals surface area contributed by atoms with Gasteiger partial charge < -0.3 is 4.90 Å². The Morgan fingerprint density at radius 3 is 2.50 bits per heavy atom. The molecule has 2 heterocycles. The van der Waals surface area contributed by atoms with Crippen LogP contribution in [0.15, 0.2) is 64.0 Å². The lowest BCUT2D eigenvalue weighted by Gasteiger charge is -2.07. The quantitative estimate of drug-likeness (QED) is 0.506. The lowest BCUT2D eigenvalue weighted by atomic mass is 10.1. The molecule has 2 aromatic carbocycles. The molecule has 140 valence electrons. The SMILES string of the molecule is CN=c1scc(-c2ccc([N+](=O)[O-])cc2)n1N=C1C(=O)N(C)c2ccccc21. The van der Waals surface area contributed by atoms with Crippen molar-refractivity contribution in [2.45, 2.75) is 0 Å². The van der Waals surface area contributed by atoms with E-state index in [9.17, 15) is 14.9 Å². The van der Waals surface area contributed by atoms with Crippen molar-refractivity contribution >= 4 is 34.3 Å². The molecule has 28 heavy (non-hydrogen) atoms. The van der Waals surface area contributed by atoms with Crippen molar-refractivity contribution in [2.24, 2.45) is 10.1 Å². The van der Waals surface area contributed by atoms with Crippen molar-refractivity contribution in [3.63, 3.8) is 0 Å². The number of hydrogen-bond acceptors (Lipinski definition) is 6. The third-order valence-corrected chi connectivity index (χ3v) is 5.39. The van der Waals surface area contributed by atoms with Crippen LogP contribution in [-0.4, -0.2) is 35.3 Å². The van der Waals surface area contributed by atoms with Gasteiger partial charge in [-0.3, -0.25) is 19.9 Å². The van der Waals surface area contributed by atoms with E-state index in [0.29, 0.717) is 16.2 Å². The van der Waals surface area contributed by atoms with Crippen molar-refractivity contribution in [2.75, 3.05) is 19.0 Å². The number of nitro groups is 1. The number of amides is 1. The van der Waals surface area contributed by atoms with Crippen molar-refractivity contribution in [1.82, 2.24) is 4.68 Å². The van der Waals surface area contributed by atoms with E-state index in [4.69, 9.17) is 0 Å². The van der Waals surface area contributed by atoms with E-state index >= 15 is 0 Å². The van der Waals surface area contributed by atoms with Gasteiger partial charge in [-0.2, -0.15) is 5.10 Å². The lowest BCUT2D eigenvalue weighted by molar-refractivity contribution is -0.384. The monoisotopic (exact) mass is 393 g/mol. The Balaban J connectivity index is 1.88. The van der Waals surface area contributed by atoms with Gasteiger partial charge in [0, 0.05) is 42.7 Å². The van der Waals surface area contributed by atoms with Crippen molar-refractivity contribution in [3.05, 3.63) is 74.4 Å². The molecule has 0 N–H and O–H groups in total. The summed E-state index contributed by atoms with van der Waals surface area (Å²) in [5.41, 5.74) is 3.34. The summed E-state index contributed by atoms with van der Waals surface area (Å²) in [7, 11) is 3.36. The van der Waals surface area contributed by atoms with Crippen LogP contribution in [0.5, 0.6) is 0 Å². The third-order valence-electron chi connectivity index (χ3n) is 4.48. The molecule has 0 fully saturated rings. The number of benzene rings is 2. The van der Waals surface area contributed by atoms with Gasteiger partial charge in [0.2, 0.25) is 4.80 Å². The number of fused-ring (bicyclic) bond motifs is 1. The molecule has 0 spiro atoms. The van der Waals surface area contributed by atoms with Crippen LogP contribution < -0.4 is 9.70 Å². The molecule has 0 saturated heterocycles. The minimum Gasteiger partial charge on any atom is -0.309 e. The number of nitro benzene ring substituents is 1. The molecule has 8 nitrogen and oxygen atoms in total. The van der Waals surface area contributed by atoms with Crippen LogP contribution in [0.4, 0.5) is 11.4 Å². The van der Waals surface area contributed by atoms with Crippen LogP contribution in [0, 0.1) is 10.1 Å². The molecule has 0 aliphatic carbocycles. The summed E-state index contributed by atoms with van der Waals surface area (Å²) in [6.07, 6.45) is 0. The molecule has 4 rings (SSSR count). The molecule has 0 unspecified atom stereocenters. The maximum atomic E-state index is 12.7. The predicted octanol–water partition coefficient (Wildman–Crippen LogP) is 2.88. The van der Waals surface area contributed by atoms with Crippen LogP contribution in [0.2, 0.25) is 0 Å². The third kappa shape index (κ3) is 2.81. The van der Waals surface area contributed by atoms with Crippen LogP contribution in [-0.2, 0) is 4.79 Å². The highest BCUT2D eigenvalue weighted by Crippen LogP contribution is 2.29. The number of thiazole rings is 1. The topological polar surface area (TPSA) is 93.1 Å². The van der Waals surface area contributed by atoms with E-state index in [2.05, 4.69) is 10.1 Å². The number of carbonyl (C=O) groups excluding carboxylic acids is 1. The highest BCUT2D eigenvalue weighted by Gasteiger charge is 2.31. The van der Waals surface area contributed by atoms with E-state index < -0.39 is 4.92 Å². The van der Waals surface area contributed by atoms with Gasteiger partial charge in [-0.1, -0.05) is 18.2 Å². The van der Waals surface area contributed by atoms with Gasteiger partial charge >= 0.3 is 0 Å². The molecule has 1 aliphatic heterocycles. The Hall–Kier alpha value is -3.59. The van der Waals surface area contributed by atoms with Gasteiger partial charge in [0.25, 0.3) is 11.6 Å². The fourth-order valence-electron chi connectivity index (χ4n) is 3.05. The normalized spacial score (nSPS) is 15.4.